The monoisotopic (exact) mass is 398 g/mol. The molecular weight excluding hydrogens is 364 g/mol. The molecular formula is C23H34N4O2. The lowest BCUT2D eigenvalue weighted by Crippen LogP contribution is -2.67. The first-order valence-corrected chi connectivity index (χ1v) is 10.9. The summed E-state index contributed by atoms with van der Waals surface area (Å²) in [6.45, 7) is 2.39. The number of nitrogens with zero attached hydrogens (tertiary/aromatic N) is 4. The van der Waals surface area contributed by atoms with Crippen molar-refractivity contribution in [3.05, 3.63) is 29.8 Å². The number of fused-ring (bicyclic) bond motifs is 4. The van der Waals surface area contributed by atoms with Crippen LogP contribution < -0.4 is 4.90 Å². The molecule has 0 saturated carbocycles. The molecule has 0 aliphatic carbocycles. The van der Waals surface area contributed by atoms with E-state index in [1.165, 1.54) is 0 Å². The van der Waals surface area contributed by atoms with Crippen molar-refractivity contribution < 1.29 is 9.59 Å². The van der Waals surface area contributed by atoms with Crippen molar-refractivity contribution in [1.29, 1.82) is 0 Å². The summed E-state index contributed by atoms with van der Waals surface area (Å²) in [5.74, 6) is 1.21. The summed E-state index contributed by atoms with van der Waals surface area (Å²) in [5, 5.41) is 0. The lowest BCUT2D eigenvalue weighted by Gasteiger charge is -2.57. The number of anilines is 1. The Balaban J connectivity index is 1.59. The van der Waals surface area contributed by atoms with Gasteiger partial charge in [0, 0.05) is 63.5 Å². The van der Waals surface area contributed by atoms with Crippen LogP contribution in [-0.2, 0) is 4.79 Å². The van der Waals surface area contributed by atoms with E-state index in [0.29, 0.717) is 30.2 Å². The molecule has 0 unspecified atom stereocenters. The van der Waals surface area contributed by atoms with Crippen LogP contribution in [0.1, 0.15) is 36.0 Å². The van der Waals surface area contributed by atoms with Crippen LogP contribution in [0, 0.1) is 11.8 Å². The molecule has 6 heteroatoms. The minimum atomic E-state index is 0.127. The molecule has 2 bridgehead atoms. The van der Waals surface area contributed by atoms with Gasteiger partial charge in [-0.3, -0.25) is 9.59 Å². The van der Waals surface area contributed by atoms with Gasteiger partial charge in [-0.15, -0.1) is 0 Å². The standard InChI is InChI=1S/C23H34N4O2/c1-24(2)15-21-18-11-17(20-9-6-10-22(28)27(20)21)13-26(14-18)23(29)16-7-5-8-19(12-16)25(3)4/h5,7-8,12,17-18,20-21H,6,9-11,13-15H2,1-4H3/t17-,18+,20+,21+/m1/s1. The van der Waals surface area contributed by atoms with Crippen molar-refractivity contribution in [3.8, 4) is 0 Å². The smallest absolute Gasteiger partial charge is 0.253 e. The Labute approximate surface area is 174 Å². The second-order valence-corrected chi connectivity index (χ2v) is 9.50. The summed E-state index contributed by atoms with van der Waals surface area (Å²) in [4.78, 5) is 34.7. The Morgan fingerprint density at radius 2 is 1.90 bits per heavy atom. The molecule has 1 aromatic rings. The maximum atomic E-state index is 13.4. The summed E-state index contributed by atoms with van der Waals surface area (Å²) in [5.41, 5.74) is 1.81. The van der Waals surface area contributed by atoms with Crippen LogP contribution in [0.4, 0.5) is 5.69 Å². The number of benzene rings is 1. The van der Waals surface area contributed by atoms with Gasteiger partial charge in [0.15, 0.2) is 0 Å². The summed E-state index contributed by atoms with van der Waals surface area (Å²) in [6, 6.07) is 8.40. The average molecular weight is 399 g/mol. The third kappa shape index (κ3) is 3.87. The zero-order valence-corrected chi connectivity index (χ0v) is 18.2. The van der Waals surface area contributed by atoms with E-state index in [1.54, 1.807) is 0 Å². The molecule has 3 aliphatic heterocycles. The first-order valence-electron chi connectivity index (χ1n) is 10.9. The maximum absolute atomic E-state index is 13.4. The Morgan fingerprint density at radius 3 is 2.62 bits per heavy atom. The molecule has 4 atom stereocenters. The van der Waals surface area contributed by atoms with Crippen LogP contribution in [0.2, 0.25) is 0 Å². The largest absolute Gasteiger partial charge is 0.378 e. The quantitative estimate of drug-likeness (QED) is 0.780. The summed E-state index contributed by atoms with van der Waals surface area (Å²) in [6.07, 6.45) is 3.87. The van der Waals surface area contributed by atoms with E-state index in [-0.39, 0.29) is 11.9 Å². The molecule has 0 aromatic heterocycles. The van der Waals surface area contributed by atoms with Crippen LogP contribution in [0.5, 0.6) is 0 Å². The Kier molecular flexibility index (Phi) is 5.56. The van der Waals surface area contributed by atoms with E-state index in [1.807, 2.05) is 43.3 Å². The molecule has 3 heterocycles. The highest BCUT2D eigenvalue weighted by Gasteiger charge is 2.50. The average Bonchev–Trinajstić information content (AvgIpc) is 2.70. The number of rotatable bonds is 4. The fraction of sp³-hybridized carbons (Fsp3) is 0.652. The number of piperidine rings is 3. The molecule has 0 N–H and O–H groups in total. The van der Waals surface area contributed by atoms with Crippen LogP contribution >= 0.6 is 0 Å². The number of likely N-dealkylation sites (tertiary alicyclic amines) is 1. The van der Waals surface area contributed by atoms with E-state index in [4.69, 9.17) is 0 Å². The van der Waals surface area contributed by atoms with Crippen LogP contribution in [0.15, 0.2) is 24.3 Å². The Bertz CT molecular complexity index is 778. The number of carbonyl (C=O) groups excluding carboxylic acids is 2. The Morgan fingerprint density at radius 1 is 1.14 bits per heavy atom. The zero-order chi connectivity index (χ0) is 20.7. The summed E-state index contributed by atoms with van der Waals surface area (Å²) in [7, 11) is 8.15. The predicted octanol–water partition coefficient (Wildman–Crippen LogP) is 2.16. The second kappa shape index (κ2) is 7.98. The molecule has 3 saturated heterocycles. The highest BCUT2D eigenvalue weighted by molar-refractivity contribution is 5.95. The molecule has 0 spiro atoms. The van der Waals surface area contributed by atoms with Gasteiger partial charge in [0.2, 0.25) is 5.91 Å². The molecule has 3 fully saturated rings. The fourth-order valence-corrected chi connectivity index (χ4v) is 5.65. The van der Waals surface area contributed by atoms with E-state index in [9.17, 15) is 9.59 Å². The van der Waals surface area contributed by atoms with Gasteiger partial charge in [0.05, 0.1) is 0 Å². The van der Waals surface area contributed by atoms with Crippen molar-refractivity contribution >= 4 is 17.5 Å². The van der Waals surface area contributed by atoms with Crippen molar-refractivity contribution in [2.75, 3.05) is 52.7 Å². The maximum Gasteiger partial charge on any atom is 0.253 e. The number of hydrogen-bond donors (Lipinski definition) is 0. The molecule has 0 radical (unpaired) electrons. The van der Waals surface area contributed by atoms with Gasteiger partial charge < -0.3 is 19.6 Å². The van der Waals surface area contributed by atoms with Gasteiger partial charge in [-0.25, -0.2) is 0 Å². The SMILES string of the molecule is CN(C)C[C@H]1[C@H]2C[C@H](CN(C(=O)c3cccc(N(C)C)c3)C2)[C@@H]2CCCC(=O)N21. The van der Waals surface area contributed by atoms with Gasteiger partial charge in [0.1, 0.15) is 0 Å². The van der Waals surface area contributed by atoms with Crippen molar-refractivity contribution in [1.82, 2.24) is 14.7 Å². The lowest BCUT2D eigenvalue weighted by molar-refractivity contribution is -0.152. The molecule has 3 aliphatic rings. The third-order valence-electron chi connectivity index (χ3n) is 6.95. The Hall–Kier alpha value is -2.08. The van der Waals surface area contributed by atoms with E-state index in [0.717, 1.165) is 50.1 Å². The fourth-order valence-electron chi connectivity index (χ4n) is 5.65. The zero-order valence-electron chi connectivity index (χ0n) is 18.2. The van der Waals surface area contributed by atoms with E-state index >= 15 is 0 Å². The molecule has 4 rings (SSSR count). The number of hydrogen-bond acceptors (Lipinski definition) is 4. The molecule has 1 aromatic carbocycles. The molecule has 29 heavy (non-hydrogen) atoms. The topological polar surface area (TPSA) is 47.1 Å². The van der Waals surface area contributed by atoms with Gasteiger partial charge >= 0.3 is 0 Å². The highest BCUT2D eigenvalue weighted by Crippen LogP contribution is 2.42. The predicted molar refractivity (Wildman–Crippen MR) is 115 cm³/mol. The number of amides is 2. The highest BCUT2D eigenvalue weighted by atomic mass is 16.2. The minimum absolute atomic E-state index is 0.127. The van der Waals surface area contributed by atoms with Crippen LogP contribution in [0.3, 0.4) is 0 Å². The van der Waals surface area contributed by atoms with Crippen LogP contribution in [-0.4, -0.2) is 86.4 Å². The van der Waals surface area contributed by atoms with Gasteiger partial charge in [-0.2, -0.15) is 0 Å². The summed E-state index contributed by atoms with van der Waals surface area (Å²) < 4.78 is 0. The molecule has 6 nitrogen and oxygen atoms in total. The van der Waals surface area contributed by atoms with Gasteiger partial charge in [0.25, 0.3) is 5.91 Å². The number of carbonyl (C=O) groups is 2. The lowest BCUT2D eigenvalue weighted by atomic mass is 9.72. The second-order valence-electron chi connectivity index (χ2n) is 9.50. The van der Waals surface area contributed by atoms with E-state index in [2.05, 4.69) is 28.8 Å². The van der Waals surface area contributed by atoms with Crippen LogP contribution in [0.25, 0.3) is 0 Å². The third-order valence-corrected chi connectivity index (χ3v) is 6.95. The molecule has 2 amide bonds. The molecule has 158 valence electrons. The van der Waals surface area contributed by atoms with Crippen molar-refractivity contribution in [2.45, 2.75) is 37.8 Å². The van der Waals surface area contributed by atoms with Crippen molar-refractivity contribution in [2.24, 2.45) is 11.8 Å². The first-order chi connectivity index (χ1) is 13.8. The van der Waals surface area contributed by atoms with Gasteiger partial charge in [-0.05, 0) is 63.4 Å². The normalized spacial score (nSPS) is 29.1. The minimum Gasteiger partial charge on any atom is -0.378 e. The first kappa shape index (κ1) is 20.2. The van der Waals surface area contributed by atoms with Crippen molar-refractivity contribution in [3.63, 3.8) is 0 Å². The van der Waals surface area contributed by atoms with Gasteiger partial charge in [-0.1, -0.05) is 6.07 Å². The summed E-state index contributed by atoms with van der Waals surface area (Å²) >= 11 is 0. The van der Waals surface area contributed by atoms with E-state index < -0.39 is 0 Å². The number of likely N-dealkylation sites (N-methyl/N-ethyl adjacent to an activating group) is 1.